The van der Waals surface area contributed by atoms with E-state index in [1.54, 1.807) is 31.2 Å². The molecule has 11 heteroatoms. The van der Waals surface area contributed by atoms with Crippen LogP contribution in [0.2, 0.25) is 15.1 Å². The Hall–Kier alpha value is -2.00. The summed E-state index contributed by atoms with van der Waals surface area (Å²) in [6.45, 7) is 1.21. The fourth-order valence-corrected chi connectivity index (χ4v) is 4.65. The maximum absolute atomic E-state index is 13.4. The Morgan fingerprint density at radius 3 is 2.28 bits per heavy atom. The molecule has 2 aromatic carbocycles. The summed E-state index contributed by atoms with van der Waals surface area (Å²) >= 11 is 18.5. The molecule has 2 amide bonds. The Labute approximate surface area is 203 Å². The number of hydrogen-bond acceptors (Lipinski definition) is 4. The minimum Gasteiger partial charge on any atom is -0.357 e. The van der Waals surface area contributed by atoms with Crippen LogP contribution in [-0.2, 0) is 26.2 Å². The van der Waals surface area contributed by atoms with Crippen molar-refractivity contribution in [2.45, 2.75) is 25.9 Å². The second-order valence-electron chi connectivity index (χ2n) is 7.02. The molecule has 0 aliphatic rings. The van der Waals surface area contributed by atoms with Gasteiger partial charge in [0.15, 0.2) is 0 Å². The predicted molar refractivity (Wildman–Crippen MR) is 129 cm³/mol. The van der Waals surface area contributed by atoms with Crippen LogP contribution in [0.1, 0.15) is 18.9 Å². The number of rotatable bonds is 9. The second kappa shape index (κ2) is 11.2. The highest BCUT2D eigenvalue weighted by Gasteiger charge is 2.32. The van der Waals surface area contributed by atoms with Crippen molar-refractivity contribution in [2.75, 3.05) is 24.2 Å². The van der Waals surface area contributed by atoms with Crippen LogP contribution in [0.3, 0.4) is 0 Å². The van der Waals surface area contributed by atoms with Gasteiger partial charge in [0, 0.05) is 23.6 Å². The molecular weight excluding hydrogens is 497 g/mol. The molecular formula is C21H24Cl3N3O4S. The number of likely N-dealkylation sites (N-methyl/N-ethyl adjacent to an activating group) is 1. The Morgan fingerprint density at radius 2 is 1.72 bits per heavy atom. The highest BCUT2D eigenvalue weighted by atomic mass is 35.5. The fourth-order valence-electron chi connectivity index (χ4n) is 3.17. The van der Waals surface area contributed by atoms with E-state index in [1.807, 2.05) is 0 Å². The van der Waals surface area contributed by atoms with Crippen molar-refractivity contribution in [2.24, 2.45) is 0 Å². The third kappa shape index (κ3) is 6.51. The van der Waals surface area contributed by atoms with Gasteiger partial charge in [0.1, 0.15) is 12.6 Å². The van der Waals surface area contributed by atoms with E-state index in [0.29, 0.717) is 17.0 Å². The molecule has 7 nitrogen and oxygen atoms in total. The number of halogens is 3. The zero-order valence-electron chi connectivity index (χ0n) is 17.8. The number of hydrogen-bond donors (Lipinski definition) is 1. The first-order chi connectivity index (χ1) is 15.0. The Balaban J connectivity index is 2.49. The molecule has 0 fully saturated rings. The summed E-state index contributed by atoms with van der Waals surface area (Å²) < 4.78 is 26.0. The average Bonchev–Trinajstić information content (AvgIpc) is 2.73. The highest BCUT2D eigenvalue weighted by Crippen LogP contribution is 2.31. The van der Waals surface area contributed by atoms with Gasteiger partial charge in [0.05, 0.1) is 17.0 Å². The van der Waals surface area contributed by atoms with Crippen LogP contribution in [0.5, 0.6) is 0 Å². The van der Waals surface area contributed by atoms with E-state index in [9.17, 15) is 18.0 Å². The van der Waals surface area contributed by atoms with Crippen LogP contribution in [0.25, 0.3) is 0 Å². The maximum atomic E-state index is 13.4. The monoisotopic (exact) mass is 519 g/mol. The molecule has 1 atom stereocenters. The van der Waals surface area contributed by atoms with Crippen molar-refractivity contribution in [3.05, 3.63) is 63.1 Å². The summed E-state index contributed by atoms with van der Waals surface area (Å²) in [5.41, 5.74) is 0.692. The first-order valence-electron chi connectivity index (χ1n) is 9.66. The van der Waals surface area contributed by atoms with Crippen molar-refractivity contribution in [1.82, 2.24) is 10.2 Å². The summed E-state index contributed by atoms with van der Waals surface area (Å²) in [6.07, 6.45) is 1.28. The zero-order chi connectivity index (χ0) is 24.1. The molecule has 0 aliphatic carbocycles. The second-order valence-corrected chi connectivity index (χ2v) is 10.2. The molecule has 2 rings (SSSR count). The molecule has 0 spiro atoms. The van der Waals surface area contributed by atoms with Gasteiger partial charge < -0.3 is 10.2 Å². The average molecular weight is 521 g/mol. The van der Waals surface area contributed by atoms with Gasteiger partial charge in [-0.05, 0) is 36.2 Å². The lowest BCUT2D eigenvalue weighted by Gasteiger charge is -2.33. The van der Waals surface area contributed by atoms with Crippen molar-refractivity contribution in [3.63, 3.8) is 0 Å². The molecule has 0 radical (unpaired) electrons. The summed E-state index contributed by atoms with van der Waals surface area (Å²) in [6, 6.07) is 10.4. The Kier molecular flexibility index (Phi) is 9.21. The summed E-state index contributed by atoms with van der Waals surface area (Å²) in [7, 11) is -2.44. The molecule has 0 aliphatic heterocycles. The van der Waals surface area contributed by atoms with Gasteiger partial charge in [-0.15, -0.1) is 0 Å². The number of nitrogens with one attached hydrogen (secondary N) is 1. The third-order valence-corrected chi connectivity index (χ3v) is 6.84. The Bertz CT molecular complexity index is 1100. The molecule has 0 bridgehead atoms. The largest absolute Gasteiger partial charge is 0.357 e. The van der Waals surface area contributed by atoms with Crippen molar-refractivity contribution in [3.8, 4) is 0 Å². The minimum atomic E-state index is -3.91. The van der Waals surface area contributed by atoms with Gasteiger partial charge in [0.25, 0.3) is 0 Å². The van der Waals surface area contributed by atoms with Crippen LogP contribution in [0.15, 0.2) is 42.5 Å². The number of amides is 2. The fraction of sp³-hybridized carbons (Fsp3) is 0.333. The van der Waals surface area contributed by atoms with E-state index >= 15 is 0 Å². The topological polar surface area (TPSA) is 86.8 Å². The van der Waals surface area contributed by atoms with Crippen LogP contribution in [0.4, 0.5) is 5.69 Å². The summed E-state index contributed by atoms with van der Waals surface area (Å²) in [4.78, 5) is 27.3. The quantitative estimate of drug-likeness (QED) is 0.542. The number of carbonyl (C=O) groups is 2. The predicted octanol–water partition coefficient (Wildman–Crippen LogP) is 3.97. The number of carbonyl (C=O) groups excluding carboxylic acids is 2. The van der Waals surface area contributed by atoms with E-state index < -0.39 is 28.5 Å². The molecule has 0 aromatic heterocycles. The van der Waals surface area contributed by atoms with Gasteiger partial charge >= 0.3 is 0 Å². The normalized spacial score (nSPS) is 12.2. The van der Waals surface area contributed by atoms with Crippen LogP contribution in [0, 0.1) is 0 Å². The molecule has 1 N–H and O–H groups in total. The van der Waals surface area contributed by atoms with Crippen LogP contribution >= 0.6 is 34.8 Å². The standard InChI is InChI=1S/C21H24Cl3N3O4S/c1-4-18(21(29)25-2)26(12-14-7-5-6-8-16(14)23)20(28)13-27(32(3,30)31)19-11-15(22)9-10-17(19)24/h5-11,18H,4,12-13H2,1-3H3,(H,25,29). The number of benzene rings is 2. The van der Waals surface area contributed by atoms with E-state index in [4.69, 9.17) is 34.8 Å². The summed E-state index contributed by atoms with van der Waals surface area (Å²) in [5.74, 6) is -0.971. The van der Waals surface area contributed by atoms with Gasteiger partial charge in [-0.25, -0.2) is 8.42 Å². The molecule has 32 heavy (non-hydrogen) atoms. The van der Waals surface area contributed by atoms with Gasteiger partial charge in [-0.3, -0.25) is 13.9 Å². The smallest absolute Gasteiger partial charge is 0.244 e. The zero-order valence-corrected chi connectivity index (χ0v) is 20.9. The van der Waals surface area contributed by atoms with Crippen LogP contribution in [-0.4, -0.2) is 51.0 Å². The van der Waals surface area contributed by atoms with Gasteiger partial charge in [-0.1, -0.05) is 59.9 Å². The minimum absolute atomic E-state index is 0.0192. The molecule has 2 aromatic rings. The first-order valence-corrected chi connectivity index (χ1v) is 12.6. The van der Waals surface area contributed by atoms with E-state index in [0.717, 1.165) is 10.6 Å². The third-order valence-electron chi connectivity index (χ3n) is 4.79. The summed E-state index contributed by atoms with van der Waals surface area (Å²) in [5, 5.41) is 3.35. The molecule has 0 heterocycles. The van der Waals surface area contributed by atoms with Gasteiger partial charge in [0.2, 0.25) is 21.8 Å². The number of sulfonamides is 1. The van der Waals surface area contributed by atoms with E-state index in [1.165, 1.54) is 30.1 Å². The number of anilines is 1. The molecule has 1 unspecified atom stereocenters. The lowest BCUT2D eigenvalue weighted by molar-refractivity contribution is -0.140. The van der Waals surface area contributed by atoms with Gasteiger partial charge in [-0.2, -0.15) is 0 Å². The van der Waals surface area contributed by atoms with E-state index in [2.05, 4.69) is 5.32 Å². The molecule has 174 valence electrons. The van der Waals surface area contributed by atoms with Crippen LogP contribution < -0.4 is 9.62 Å². The van der Waals surface area contributed by atoms with Crippen molar-refractivity contribution in [1.29, 1.82) is 0 Å². The number of nitrogens with zero attached hydrogens (tertiary/aromatic N) is 2. The Morgan fingerprint density at radius 1 is 1.06 bits per heavy atom. The van der Waals surface area contributed by atoms with Crippen molar-refractivity contribution >= 4 is 62.3 Å². The highest BCUT2D eigenvalue weighted by molar-refractivity contribution is 7.92. The van der Waals surface area contributed by atoms with Crippen molar-refractivity contribution < 1.29 is 18.0 Å². The molecule has 0 saturated carbocycles. The SMILES string of the molecule is CCC(C(=O)NC)N(Cc1ccccc1Cl)C(=O)CN(c1cc(Cl)ccc1Cl)S(C)(=O)=O. The first kappa shape index (κ1) is 26.3. The van der Waals surface area contributed by atoms with E-state index in [-0.39, 0.29) is 28.2 Å². The lowest BCUT2D eigenvalue weighted by Crippen LogP contribution is -2.51. The lowest BCUT2D eigenvalue weighted by atomic mass is 10.1. The maximum Gasteiger partial charge on any atom is 0.244 e. The molecule has 0 saturated heterocycles.